The van der Waals surface area contributed by atoms with Crippen molar-refractivity contribution >= 4 is 75.3 Å². The van der Waals surface area contributed by atoms with Crippen molar-refractivity contribution in [1.29, 1.82) is 5.26 Å². The Balaban J connectivity index is 1.40. The van der Waals surface area contributed by atoms with Crippen LogP contribution < -0.4 is 32.7 Å². The Hall–Kier alpha value is -8.22. The number of halogens is 1. The molecule has 466 valence electrons. The number of nitrogens with two attached hydrogens (primary N) is 2. The van der Waals surface area contributed by atoms with Crippen LogP contribution in [0.1, 0.15) is 178 Å². The van der Waals surface area contributed by atoms with Gasteiger partial charge in [-0.1, -0.05) is 79.5 Å². The van der Waals surface area contributed by atoms with E-state index in [1.165, 1.54) is 31.6 Å². The molecule has 2 aromatic heterocycles. The number of aromatic amines is 2. The van der Waals surface area contributed by atoms with Crippen LogP contribution in [0.25, 0.3) is 10.9 Å². The monoisotopic (exact) mass is 1190 g/mol. The predicted molar refractivity (Wildman–Crippen MR) is 320 cm³/mol. The number of carbonyl (C=O) groups is 11. The molecule has 0 spiro atoms. The third-order valence-electron chi connectivity index (χ3n) is 15.8. The Bertz CT molecular complexity index is 3040. The molecule has 4 aromatic rings. The molecule has 6 amide bonds. The number of hydrogen-bond acceptors (Lipinski definition) is 13. The Kier molecular flexibility index (Phi) is 28.8. The quantitative estimate of drug-likeness (QED) is 0.0167. The minimum absolute atomic E-state index is 0.00668. The summed E-state index contributed by atoms with van der Waals surface area (Å²) in [6.07, 6.45) is 6.15. The largest absolute Gasteiger partial charge is 0.370 e. The molecule has 0 aliphatic carbocycles. The van der Waals surface area contributed by atoms with Crippen molar-refractivity contribution in [3.05, 3.63) is 89.4 Å². The zero-order valence-electron chi connectivity index (χ0n) is 50.7. The van der Waals surface area contributed by atoms with Crippen LogP contribution in [0.2, 0.25) is 0 Å². The van der Waals surface area contributed by atoms with Crippen molar-refractivity contribution in [2.45, 2.75) is 188 Å². The molecule has 22 heteroatoms. The maximum absolute atomic E-state index is 14.4. The molecule has 21 nitrogen and oxygen atoms in total. The summed E-state index contributed by atoms with van der Waals surface area (Å²) in [5.41, 5.74) is 13.0. The van der Waals surface area contributed by atoms with Gasteiger partial charge in [0.25, 0.3) is 0 Å². The number of hydrogen-bond donors (Lipinski definition) is 8. The minimum atomic E-state index is -1.21. The molecule has 8 atom stereocenters. The summed E-state index contributed by atoms with van der Waals surface area (Å²) < 4.78 is 13.8. The fraction of sp³-hybridized carbons (Fsp3) is 0.547. The minimum Gasteiger partial charge on any atom is -0.370 e. The molecule has 4 rings (SSSR count). The Morgan fingerprint density at radius 1 is 0.686 bits per heavy atom. The lowest BCUT2D eigenvalue weighted by atomic mass is 9.82. The summed E-state index contributed by atoms with van der Waals surface area (Å²) in [7, 11) is 0. The molecule has 2 aromatic carbocycles. The van der Waals surface area contributed by atoms with Gasteiger partial charge in [0.05, 0.1) is 30.0 Å². The van der Waals surface area contributed by atoms with Crippen LogP contribution in [0.3, 0.4) is 0 Å². The second-order valence-electron chi connectivity index (χ2n) is 23.5. The van der Waals surface area contributed by atoms with Crippen molar-refractivity contribution < 1.29 is 57.1 Å². The highest BCUT2D eigenvalue weighted by Crippen LogP contribution is 2.27. The van der Waals surface area contributed by atoms with E-state index < -0.39 is 88.8 Å². The summed E-state index contributed by atoms with van der Waals surface area (Å²) in [6.45, 7) is 12.7. The molecular weight excluding hydrogens is 1100 g/mol. The summed E-state index contributed by atoms with van der Waals surface area (Å²) in [5.74, 6) is -8.77. The van der Waals surface area contributed by atoms with E-state index in [1.807, 2.05) is 52.0 Å². The first-order valence-electron chi connectivity index (χ1n) is 29.9. The number of fused-ring (bicyclic) bond motifs is 1. The number of H-pyrrole nitrogens is 2. The van der Waals surface area contributed by atoms with E-state index in [0.717, 1.165) is 17.0 Å². The summed E-state index contributed by atoms with van der Waals surface area (Å²) >= 11 is 0. The van der Waals surface area contributed by atoms with E-state index in [4.69, 9.17) is 16.7 Å². The van der Waals surface area contributed by atoms with Gasteiger partial charge in [-0.3, -0.25) is 52.7 Å². The summed E-state index contributed by atoms with van der Waals surface area (Å²) in [6, 6.07) is 8.52. The van der Waals surface area contributed by atoms with Crippen LogP contribution in [-0.2, 0) is 60.8 Å². The number of carbonyl (C=O) groups excluding carboxylic acids is 11. The van der Waals surface area contributed by atoms with Gasteiger partial charge in [-0.15, -0.1) is 0 Å². The van der Waals surface area contributed by atoms with Crippen LogP contribution in [0.15, 0.2) is 61.2 Å². The second-order valence-corrected chi connectivity index (χ2v) is 23.5. The van der Waals surface area contributed by atoms with Gasteiger partial charge in [0.2, 0.25) is 35.4 Å². The Morgan fingerprint density at radius 2 is 1.36 bits per heavy atom. The summed E-state index contributed by atoms with van der Waals surface area (Å²) in [4.78, 5) is 157. The second kappa shape index (κ2) is 35.3. The Morgan fingerprint density at radius 3 is 2.01 bits per heavy atom. The van der Waals surface area contributed by atoms with Crippen molar-refractivity contribution in [1.82, 2.24) is 36.2 Å². The van der Waals surface area contributed by atoms with Gasteiger partial charge >= 0.3 is 0 Å². The highest BCUT2D eigenvalue weighted by Gasteiger charge is 2.34. The molecule has 0 aliphatic rings. The number of benzene rings is 2. The number of aromatic nitrogens is 3. The zero-order valence-corrected chi connectivity index (χ0v) is 50.7. The molecule has 0 radical (unpaired) electrons. The number of primary amides is 2. The highest BCUT2D eigenvalue weighted by atomic mass is 18.2. The van der Waals surface area contributed by atoms with E-state index in [-0.39, 0.29) is 129 Å². The third-order valence-corrected chi connectivity index (χ3v) is 15.8. The number of nitrogens with one attached hydrogen (secondary N) is 6. The first-order chi connectivity index (χ1) is 40.8. The number of Topliss-reactive ketones (excluding diaryl/α,β-unsaturated/α-hetero) is 5. The van der Waals surface area contributed by atoms with Gasteiger partial charge in [0.15, 0.2) is 23.1 Å². The molecule has 86 heavy (non-hydrogen) atoms. The summed E-state index contributed by atoms with van der Waals surface area (Å²) in [5, 5.41) is 21.0. The number of amides is 6. The van der Waals surface area contributed by atoms with Gasteiger partial charge in [-0.25, -0.2) is 9.37 Å². The topological polar surface area (TPSA) is 356 Å². The molecule has 0 bridgehead atoms. The van der Waals surface area contributed by atoms with Crippen LogP contribution >= 0.6 is 0 Å². The maximum atomic E-state index is 14.4. The normalized spacial score (nSPS) is 14.2. The average Bonchev–Trinajstić information content (AvgIpc) is 3.59. The van der Waals surface area contributed by atoms with E-state index >= 15 is 0 Å². The number of para-hydroxylation sites is 1. The predicted octanol–water partition coefficient (Wildman–Crippen LogP) is 6.83. The Labute approximate surface area is 502 Å². The van der Waals surface area contributed by atoms with E-state index in [9.17, 15) is 57.1 Å². The highest BCUT2D eigenvalue weighted by molar-refractivity contribution is 5.98. The van der Waals surface area contributed by atoms with Gasteiger partial charge in [-0.05, 0) is 85.6 Å². The number of unbranched alkanes of at least 4 members (excludes halogenated alkanes) is 2. The lowest BCUT2D eigenvalue weighted by Crippen LogP contribution is -2.49. The fourth-order valence-electron chi connectivity index (χ4n) is 10.4. The number of ketones is 5. The molecule has 2 heterocycles. The number of nitrogens with zero attached hydrogens (tertiary/aromatic N) is 2. The SMILES string of the molecule is CC[C@H](C)[C@@H](CCC(=O)N[C@@H](CC(C)C)C(N)=O)CC(=O)[C@H](Cc1cnc[nH]1)NC(=O)CCC(=O)[C@@H](NC(=O)[C@H](C)CC(=O)[C@H](Cc1c[nH]c2ccccc12)NC(=O)[C@H](CCC(N)=O)CC(=O)CCCCCC(=O)c1ccc([18F])c(C#N)c1)C(C)C. The molecule has 0 aliphatic heterocycles. The van der Waals surface area contributed by atoms with Crippen molar-refractivity contribution in [3.63, 3.8) is 0 Å². The number of nitriles is 1. The smallest absolute Gasteiger partial charge is 0.240 e. The standard InChI is InChI=1S/C64H87FN10O11/c1-8-39(6)41(20-24-59(82)73-53(62(68)84)26-37(2)3)31-57(80)52(32-46-35-69-36-71-46)72-60(83)25-22-55(78)61(38(4)5)75-63(85)40(7)27-56(79)51(30-45-34-70-50-16-13-12-15-48(45)50)74-64(86)43(19-23-58(67)81)29-47(76)14-10-9-11-17-54(77)42-18-21-49(65)44(28-42)33-66/h12-13,15-16,18,21,28,34-41,43,51-53,61,70H,8-11,14,17,19-20,22-27,29-32H2,1-7H3,(H2,67,81)(H2,68,84)(H,69,71)(H,72,83)(H,73,82)(H,74,86)(H,75,85)/t39-,40+,41-,43+,51-,52-,53-,61-/m0/s1/i65-1. The van der Waals surface area contributed by atoms with Crippen LogP contribution in [0, 0.1) is 52.7 Å². The molecular formula is C64H87FN10O11. The van der Waals surface area contributed by atoms with Gasteiger partial charge in [0, 0.05) is 117 Å². The maximum Gasteiger partial charge on any atom is 0.240 e. The lowest BCUT2D eigenvalue weighted by Gasteiger charge is -2.26. The number of rotatable bonds is 41. The fourth-order valence-corrected chi connectivity index (χ4v) is 10.4. The van der Waals surface area contributed by atoms with Crippen LogP contribution in [0.5, 0.6) is 0 Å². The first kappa shape index (κ1) is 70.3. The van der Waals surface area contributed by atoms with Crippen molar-refractivity contribution in [2.75, 3.05) is 0 Å². The van der Waals surface area contributed by atoms with E-state index in [0.29, 0.717) is 49.8 Å². The third kappa shape index (κ3) is 23.3. The average molecular weight is 1190 g/mol. The molecule has 10 N–H and O–H groups in total. The molecule has 0 saturated carbocycles. The van der Waals surface area contributed by atoms with Crippen molar-refractivity contribution in [3.8, 4) is 6.07 Å². The molecule has 0 saturated heterocycles. The number of imidazole rings is 1. The lowest BCUT2D eigenvalue weighted by molar-refractivity contribution is -0.135. The van der Waals surface area contributed by atoms with Gasteiger partial charge in [-0.2, -0.15) is 5.26 Å². The van der Waals surface area contributed by atoms with Gasteiger partial charge in [0.1, 0.15) is 23.7 Å². The molecule has 0 unspecified atom stereocenters. The zero-order chi connectivity index (χ0) is 63.6. The van der Waals surface area contributed by atoms with Gasteiger partial charge < -0.3 is 42.7 Å². The van der Waals surface area contributed by atoms with E-state index in [1.54, 1.807) is 26.1 Å². The van der Waals surface area contributed by atoms with Crippen molar-refractivity contribution in [2.24, 2.45) is 47.0 Å². The van der Waals surface area contributed by atoms with Crippen LogP contribution in [0.4, 0.5) is 4.39 Å². The first-order valence-corrected chi connectivity index (χ1v) is 29.9. The van der Waals surface area contributed by atoms with E-state index in [2.05, 4.69) is 36.2 Å². The molecule has 0 fully saturated rings. The van der Waals surface area contributed by atoms with Crippen LogP contribution in [-0.4, -0.2) is 103 Å².